The summed E-state index contributed by atoms with van der Waals surface area (Å²) in [4.78, 5) is 45.7. The molecule has 0 aromatic carbocycles. The second-order valence-corrected chi connectivity index (χ2v) is 23.1. The number of carbonyl (C=O) groups excluding carboxylic acids is 2. The maximum absolute atomic E-state index is 11.3. The normalized spacial score (nSPS) is 10.4. The molecule has 499 valence electrons. The summed E-state index contributed by atoms with van der Waals surface area (Å²) in [5.41, 5.74) is -0.135. The molecule has 88 heavy (non-hydrogen) atoms. The van der Waals surface area contributed by atoms with Gasteiger partial charge in [0, 0.05) is 23.5 Å². The summed E-state index contributed by atoms with van der Waals surface area (Å²) in [6.45, 7) is 45.1. The van der Waals surface area contributed by atoms with Crippen LogP contribution in [0.4, 0.5) is 0 Å². The van der Waals surface area contributed by atoms with E-state index >= 15 is 0 Å². The summed E-state index contributed by atoms with van der Waals surface area (Å²) in [5.74, 6) is -4.10. The fourth-order valence-corrected chi connectivity index (χ4v) is 10.2. The average molecular weight is 1370 g/mol. The van der Waals surface area contributed by atoms with Gasteiger partial charge in [-0.2, -0.15) is 15.5 Å². The van der Waals surface area contributed by atoms with Crippen LogP contribution in [0.5, 0.6) is 0 Å². The molecule has 0 atom stereocenters. The van der Waals surface area contributed by atoms with Crippen molar-refractivity contribution in [3.05, 3.63) is 81.7 Å². The zero-order valence-electron chi connectivity index (χ0n) is 56.7. The Balaban J connectivity index is -0.000000338. The van der Waals surface area contributed by atoms with Crippen molar-refractivity contribution in [2.24, 2.45) is 0 Å². The molecule has 0 saturated heterocycles. The first-order valence-electron chi connectivity index (χ1n) is 33.0. The molecule has 3 rings (SSSR count). The average Bonchev–Trinajstić information content (AvgIpc) is 3.47. The van der Waals surface area contributed by atoms with Crippen LogP contribution in [0.3, 0.4) is 0 Å². The molecule has 0 aliphatic rings. The molecule has 0 amide bonds. The molecule has 15 nitrogen and oxygen atoms in total. The van der Waals surface area contributed by atoms with Gasteiger partial charge in [-0.3, -0.25) is 9.97 Å². The first kappa shape index (κ1) is 92.5. The zero-order chi connectivity index (χ0) is 66.6. The number of carboxylic acids is 3. The van der Waals surface area contributed by atoms with E-state index in [0.29, 0.717) is 0 Å². The number of aromatic nitrogens is 3. The molecule has 1 N–H and O–H groups in total. The van der Waals surface area contributed by atoms with Crippen LogP contribution in [0.25, 0.3) is 39.0 Å². The third-order valence-corrected chi connectivity index (χ3v) is 15.4. The smallest absolute Gasteiger partial charge is 0.753 e. The number of quaternary nitrogens is 3. The van der Waals surface area contributed by atoms with Crippen molar-refractivity contribution in [1.82, 2.24) is 15.0 Å². The van der Waals surface area contributed by atoms with Gasteiger partial charge in [-0.25, -0.2) is 9.78 Å². The summed E-state index contributed by atoms with van der Waals surface area (Å²) in [6, 6.07) is 7.26. The van der Waals surface area contributed by atoms with E-state index in [0.717, 1.165) is 0 Å². The van der Waals surface area contributed by atoms with E-state index in [4.69, 9.17) is 21.3 Å². The van der Waals surface area contributed by atoms with Crippen LogP contribution < -0.4 is 10.2 Å². The zero-order valence-corrected chi connectivity index (χ0v) is 60.9. The second kappa shape index (κ2) is 62.9. The minimum absolute atomic E-state index is 0. The number of pyridine rings is 3. The number of nitrogens with zero attached hydrogens (tertiary/aromatic N) is 9. The third kappa shape index (κ3) is 45.9. The monoisotopic (exact) mass is 1370 g/mol. The van der Waals surface area contributed by atoms with E-state index in [-0.39, 0.29) is 58.9 Å². The molecule has 3 heterocycles. The number of unbranched alkanes of at least 4 members (excludes halogenated alkanes) is 12. The topological polar surface area (TPSA) is 223 Å². The molecule has 1 radical (unpaired) electrons. The van der Waals surface area contributed by atoms with Gasteiger partial charge in [0.25, 0.3) is 0 Å². The molecular formula is C69H117N9O6RuS3+. The summed E-state index contributed by atoms with van der Waals surface area (Å²) < 4.78 is 4.26. The molecule has 0 aliphatic heterocycles. The van der Waals surface area contributed by atoms with Crippen molar-refractivity contribution in [2.75, 3.05) is 78.5 Å². The predicted molar refractivity (Wildman–Crippen MR) is 372 cm³/mol. The van der Waals surface area contributed by atoms with Crippen molar-refractivity contribution in [2.45, 2.75) is 237 Å². The number of carboxylic acid groups (broad SMARTS) is 3. The number of rotatable bonds is 41. The van der Waals surface area contributed by atoms with Gasteiger partial charge in [-0.1, -0.05) is 197 Å². The van der Waals surface area contributed by atoms with Crippen LogP contribution in [0.1, 0.15) is 268 Å². The van der Waals surface area contributed by atoms with Crippen molar-refractivity contribution in [3.63, 3.8) is 0 Å². The fraction of sp³-hybridized carbons (Fsp3) is 0.696. The second-order valence-electron chi connectivity index (χ2n) is 22.6. The SMILES string of the molecule is CCCC[N+](CCCC)(CCCC)CCCC.CCCC[N+](CCCC)(CCCC)CCCC.CCCC[N+](CCCC)(CCCC)CCCC.O=C([O-])c1ccnc(-c2cc(C(=O)[O-])cc(-c3cc(C(=O)O)ccn3)n2)c1.[N-]=C=S.[N-]=C=S.[N-]=C=S.[Ru+3]. The summed E-state index contributed by atoms with van der Waals surface area (Å²) in [7, 11) is 0. The number of isothiocyanates is 3. The van der Waals surface area contributed by atoms with E-state index in [1.54, 1.807) is 0 Å². The number of thiocarbonyl (C=S) groups is 3. The van der Waals surface area contributed by atoms with Gasteiger partial charge < -0.3 is 54.6 Å². The van der Waals surface area contributed by atoms with Gasteiger partial charge in [0.05, 0.1) is 119 Å². The van der Waals surface area contributed by atoms with Crippen LogP contribution in [0, 0.1) is 0 Å². The van der Waals surface area contributed by atoms with Gasteiger partial charge in [0.1, 0.15) is 0 Å². The van der Waals surface area contributed by atoms with Crippen molar-refractivity contribution >= 4 is 70.0 Å². The molecule has 0 spiro atoms. The quantitative estimate of drug-likeness (QED) is 0.0242. The molecule has 19 heteroatoms. The fourth-order valence-electron chi connectivity index (χ4n) is 10.2. The number of aromatic carboxylic acids is 3. The van der Waals surface area contributed by atoms with Crippen LogP contribution >= 0.6 is 36.7 Å². The summed E-state index contributed by atoms with van der Waals surface area (Å²) in [5, 5.41) is 56.9. The van der Waals surface area contributed by atoms with Gasteiger partial charge >= 0.3 is 25.4 Å². The van der Waals surface area contributed by atoms with Crippen molar-refractivity contribution in [3.8, 4) is 22.8 Å². The largest absolute Gasteiger partial charge is 3.00 e. The molecule has 0 unspecified atom stereocenters. The molecular weight excluding hydrogens is 1250 g/mol. The Bertz CT molecular complexity index is 2010. The molecule has 3 aromatic heterocycles. The van der Waals surface area contributed by atoms with E-state index in [1.807, 2.05) is 0 Å². The maximum Gasteiger partial charge on any atom is 3.00 e. The van der Waals surface area contributed by atoms with E-state index < -0.39 is 17.9 Å². The van der Waals surface area contributed by atoms with Crippen molar-refractivity contribution in [1.29, 1.82) is 0 Å². The summed E-state index contributed by atoms with van der Waals surface area (Å²) >= 11 is 11.1. The van der Waals surface area contributed by atoms with Crippen LogP contribution in [-0.4, -0.2) is 145 Å². The van der Waals surface area contributed by atoms with Crippen molar-refractivity contribution < 1.29 is 62.6 Å². The van der Waals surface area contributed by atoms with Gasteiger partial charge in [-0.05, 0) is 113 Å². The Kier molecular flexibility index (Phi) is 66.1. The Labute approximate surface area is 564 Å². The summed E-state index contributed by atoms with van der Waals surface area (Å²) in [6.07, 6.45) is 35.7. The molecule has 0 saturated carbocycles. The van der Waals surface area contributed by atoms with Crippen LogP contribution in [0.2, 0.25) is 0 Å². The molecule has 3 aromatic rings. The maximum atomic E-state index is 11.3. The number of carbonyl (C=O) groups is 3. The van der Waals surface area contributed by atoms with E-state index in [1.165, 1.54) is 310 Å². The Hall–Kier alpha value is -4.24. The van der Waals surface area contributed by atoms with Gasteiger partial charge in [0.2, 0.25) is 0 Å². The Morgan fingerprint density at radius 3 is 0.750 bits per heavy atom. The molecule has 0 fully saturated rings. The van der Waals surface area contributed by atoms with E-state index in [2.05, 4.69) is 135 Å². The number of hydrogen-bond acceptors (Lipinski definition) is 11. The standard InChI is InChI=1S/C18H11N3O6.3C16H36N.3CNS.Ru/c22-16(23)9-1-3-19-12(5-9)14-7-11(18(26)27)8-15(21-14)13-6-10(17(24)25)2-4-20-13;3*1-5-9-13-17(14-10-6-2,15-11-7-3)16-12-8-4;3*2-1-3;/h1-8H,(H,22,23)(H,24,25)(H,26,27);3*5-16H2,1-4H3;;;;/q;3*+1;3*-1;+3/p-2. The Morgan fingerprint density at radius 1 is 0.386 bits per heavy atom. The van der Waals surface area contributed by atoms with E-state index in [9.17, 15) is 24.6 Å². The Morgan fingerprint density at radius 2 is 0.568 bits per heavy atom. The minimum Gasteiger partial charge on any atom is -0.753 e. The predicted octanol–water partition coefficient (Wildman–Crippen LogP) is 16.6. The van der Waals surface area contributed by atoms with Crippen LogP contribution in [-0.2, 0) is 19.5 Å². The minimum atomic E-state index is -1.50. The van der Waals surface area contributed by atoms with Gasteiger partial charge in [0.15, 0.2) is 0 Å². The molecule has 0 aliphatic carbocycles. The third-order valence-electron chi connectivity index (χ3n) is 15.4. The first-order chi connectivity index (χ1) is 41.8. The number of hydrogen-bond donors (Lipinski definition) is 1. The molecule has 0 bridgehead atoms. The van der Waals surface area contributed by atoms with Crippen LogP contribution in [0.15, 0.2) is 48.8 Å². The van der Waals surface area contributed by atoms with Gasteiger partial charge in [-0.15, -0.1) is 0 Å². The first-order valence-corrected chi connectivity index (χ1v) is 34.2.